The van der Waals surface area contributed by atoms with E-state index in [0.29, 0.717) is 5.92 Å². The van der Waals surface area contributed by atoms with Gasteiger partial charge in [-0.15, -0.1) is 0 Å². The molecule has 0 atom stereocenters. The fraction of sp³-hybridized carbons (Fsp3) is 0.444. The third-order valence-corrected chi connectivity index (χ3v) is 1.70. The molecular formula is C9H13O+. The molecular weight excluding hydrogens is 124 g/mol. The highest BCUT2D eigenvalue weighted by Crippen LogP contribution is 2.13. The summed E-state index contributed by atoms with van der Waals surface area (Å²) in [7, 11) is 1.72. The number of hydrogen-bond donors (Lipinski definition) is 0. The van der Waals surface area contributed by atoms with Crippen molar-refractivity contribution in [3.8, 4) is 0 Å². The van der Waals surface area contributed by atoms with Crippen molar-refractivity contribution in [2.24, 2.45) is 5.92 Å². The molecule has 1 rings (SSSR count). The van der Waals surface area contributed by atoms with E-state index in [2.05, 4.69) is 37.6 Å². The van der Waals surface area contributed by atoms with Gasteiger partial charge in [0, 0.05) is 7.11 Å². The van der Waals surface area contributed by atoms with Gasteiger partial charge in [0.1, 0.15) is 5.92 Å². The first-order chi connectivity index (χ1) is 4.86. The van der Waals surface area contributed by atoms with Crippen LogP contribution in [0.25, 0.3) is 0 Å². The summed E-state index contributed by atoms with van der Waals surface area (Å²) in [5.41, 5.74) is 0. The van der Waals surface area contributed by atoms with E-state index in [1.165, 1.54) is 0 Å². The highest BCUT2D eigenvalue weighted by molar-refractivity contribution is 5.17. The lowest BCUT2D eigenvalue weighted by Crippen LogP contribution is -2.08. The second-order valence-electron chi connectivity index (χ2n) is 2.38. The molecule has 0 aromatic rings. The Morgan fingerprint density at radius 2 is 1.80 bits per heavy atom. The van der Waals surface area contributed by atoms with Gasteiger partial charge in [-0.25, -0.2) is 0 Å². The zero-order chi connectivity index (χ0) is 7.40. The maximum atomic E-state index is 5.10. The van der Waals surface area contributed by atoms with E-state index >= 15 is 0 Å². The van der Waals surface area contributed by atoms with Gasteiger partial charge in [0.2, 0.25) is 0 Å². The first kappa shape index (κ1) is 7.42. The Labute approximate surface area is 62.4 Å². The normalized spacial score (nSPS) is 30.6. The van der Waals surface area contributed by atoms with Gasteiger partial charge < -0.3 is 4.74 Å². The Hall–Kier alpha value is -0.690. The lowest BCUT2D eigenvalue weighted by molar-refractivity contribution is 0.175. The highest BCUT2D eigenvalue weighted by atomic mass is 16.5. The molecule has 0 aromatic carbocycles. The maximum absolute atomic E-state index is 5.10. The number of allylic oxidation sites excluding steroid dienone is 2. The number of hydrogen-bond acceptors (Lipinski definition) is 1. The standard InChI is InChI=1S/C9H13O/c1-3-8-4-6-9(10-2)7-5-8/h3-9H,1-2H3/q+1. The van der Waals surface area contributed by atoms with E-state index in [0.717, 1.165) is 0 Å². The second kappa shape index (κ2) is 3.47. The predicted molar refractivity (Wildman–Crippen MR) is 42.5 cm³/mol. The van der Waals surface area contributed by atoms with Crippen molar-refractivity contribution >= 4 is 0 Å². The van der Waals surface area contributed by atoms with Crippen LogP contribution >= 0.6 is 0 Å². The molecule has 0 spiro atoms. The Morgan fingerprint density at radius 3 is 2.20 bits per heavy atom. The van der Waals surface area contributed by atoms with Gasteiger partial charge in [0.05, 0.1) is 19.4 Å². The average molecular weight is 137 g/mol. The van der Waals surface area contributed by atoms with Gasteiger partial charge in [0.15, 0.2) is 0 Å². The van der Waals surface area contributed by atoms with Gasteiger partial charge in [-0.3, -0.25) is 0 Å². The van der Waals surface area contributed by atoms with Crippen molar-refractivity contribution in [2.75, 3.05) is 7.11 Å². The molecule has 1 heteroatoms. The van der Waals surface area contributed by atoms with Crippen molar-refractivity contribution in [3.05, 3.63) is 30.7 Å². The molecule has 0 heterocycles. The fourth-order valence-electron chi connectivity index (χ4n) is 0.983. The van der Waals surface area contributed by atoms with Gasteiger partial charge >= 0.3 is 0 Å². The Kier molecular flexibility index (Phi) is 2.57. The molecule has 0 aliphatic heterocycles. The minimum absolute atomic E-state index is 0.191. The quantitative estimate of drug-likeness (QED) is 0.417. The molecule has 54 valence electrons. The lowest BCUT2D eigenvalue weighted by atomic mass is 10.00. The second-order valence-corrected chi connectivity index (χ2v) is 2.38. The number of rotatable bonds is 2. The molecule has 1 aliphatic rings. The monoisotopic (exact) mass is 137 g/mol. The van der Waals surface area contributed by atoms with Crippen LogP contribution in [0, 0.1) is 12.3 Å². The molecule has 10 heavy (non-hydrogen) atoms. The molecule has 0 saturated heterocycles. The van der Waals surface area contributed by atoms with Gasteiger partial charge in [-0.05, 0) is 12.2 Å². The number of methoxy groups -OCH3 is 1. The third kappa shape index (κ3) is 1.64. The maximum Gasteiger partial charge on any atom is 0.134 e. The van der Waals surface area contributed by atoms with Crippen LogP contribution < -0.4 is 0 Å². The first-order valence-electron chi connectivity index (χ1n) is 3.55. The van der Waals surface area contributed by atoms with E-state index in [1.54, 1.807) is 7.11 Å². The van der Waals surface area contributed by atoms with Crippen LogP contribution in [-0.2, 0) is 4.74 Å². The van der Waals surface area contributed by atoms with Crippen molar-refractivity contribution in [2.45, 2.75) is 13.0 Å². The van der Waals surface area contributed by atoms with Crippen LogP contribution in [0.1, 0.15) is 6.92 Å². The van der Waals surface area contributed by atoms with Crippen LogP contribution in [0.5, 0.6) is 0 Å². The molecule has 0 fully saturated rings. The Morgan fingerprint density at radius 1 is 1.20 bits per heavy atom. The average Bonchev–Trinajstić information content (AvgIpc) is 2.05. The van der Waals surface area contributed by atoms with E-state index in [-0.39, 0.29) is 6.10 Å². The fourth-order valence-corrected chi connectivity index (χ4v) is 0.983. The van der Waals surface area contributed by atoms with Crippen molar-refractivity contribution in [1.82, 2.24) is 0 Å². The van der Waals surface area contributed by atoms with Gasteiger partial charge in [0.25, 0.3) is 0 Å². The molecule has 1 aliphatic carbocycles. The summed E-state index contributed by atoms with van der Waals surface area (Å²) < 4.78 is 5.10. The van der Waals surface area contributed by atoms with E-state index < -0.39 is 0 Å². The summed E-state index contributed by atoms with van der Waals surface area (Å²) in [5.74, 6) is 0.506. The van der Waals surface area contributed by atoms with Crippen LogP contribution in [0.4, 0.5) is 0 Å². The molecule has 0 bridgehead atoms. The van der Waals surface area contributed by atoms with E-state index in [4.69, 9.17) is 4.74 Å². The van der Waals surface area contributed by atoms with Gasteiger partial charge in [-0.1, -0.05) is 12.2 Å². The Bertz CT molecular complexity index is 117. The predicted octanol–water partition coefficient (Wildman–Crippen LogP) is 1.97. The largest absolute Gasteiger partial charge is 0.373 e. The summed E-state index contributed by atoms with van der Waals surface area (Å²) in [6.07, 6.45) is 10.8. The van der Waals surface area contributed by atoms with Crippen LogP contribution in [0.15, 0.2) is 24.3 Å². The van der Waals surface area contributed by atoms with E-state index in [1.807, 2.05) is 0 Å². The summed E-state index contributed by atoms with van der Waals surface area (Å²) in [6, 6.07) is 0. The summed E-state index contributed by atoms with van der Waals surface area (Å²) in [4.78, 5) is 0. The minimum Gasteiger partial charge on any atom is -0.373 e. The molecule has 1 nitrogen and oxygen atoms in total. The first-order valence-corrected chi connectivity index (χ1v) is 3.55. The van der Waals surface area contributed by atoms with Crippen molar-refractivity contribution in [3.63, 3.8) is 0 Å². The molecule has 0 amide bonds. The molecule has 0 aromatic heterocycles. The molecule has 0 unspecified atom stereocenters. The lowest BCUT2D eigenvalue weighted by Gasteiger charge is -2.09. The van der Waals surface area contributed by atoms with Crippen LogP contribution in [-0.4, -0.2) is 13.2 Å². The van der Waals surface area contributed by atoms with Crippen LogP contribution in [0.2, 0.25) is 0 Å². The zero-order valence-electron chi connectivity index (χ0n) is 6.45. The Balaban J connectivity index is 2.45. The van der Waals surface area contributed by atoms with E-state index in [9.17, 15) is 0 Å². The topological polar surface area (TPSA) is 9.23 Å². The molecule has 0 radical (unpaired) electrons. The smallest absolute Gasteiger partial charge is 0.134 e. The van der Waals surface area contributed by atoms with Gasteiger partial charge in [-0.2, -0.15) is 0 Å². The zero-order valence-corrected chi connectivity index (χ0v) is 6.45. The van der Waals surface area contributed by atoms with Crippen LogP contribution in [0.3, 0.4) is 0 Å². The summed E-state index contributed by atoms with van der Waals surface area (Å²) in [5, 5.41) is 0. The minimum atomic E-state index is 0.191. The SMILES string of the molecule is C[CH+]C1C=CC(OC)C=C1. The summed E-state index contributed by atoms with van der Waals surface area (Å²) >= 11 is 0. The highest BCUT2D eigenvalue weighted by Gasteiger charge is 2.11. The van der Waals surface area contributed by atoms with Crippen molar-refractivity contribution in [1.29, 1.82) is 0 Å². The molecule has 0 N–H and O–H groups in total. The number of ether oxygens (including phenoxy) is 1. The summed E-state index contributed by atoms with van der Waals surface area (Å²) in [6.45, 7) is 2.06. The van der Waals surface area contributed by atoms with Crippen molar-refractivity contribution < 1.29 is 4.74 Å². The third-order valence-electron chi connectivity index (χ3n) is 1.70. The molecule has 0 saturated carbocycles.